The number of hydrogen-bond acceptors (Lipinski definition) is 3. The second-order valence-corrected chi connectivity index (χ2v) is 6.64. The molecule has 1 saturated carbocycles. The van der Waals surface area contributed by atoms with E-state index >= 15 is 0 Å². The quantitative estimate of drug-likeness (QED) is 0.375. The summed E-state index contributed by atoms with van der Waals surface area (Å²) in [4.78, 5) is 4.20. The van der Waals surface area contributed by atoms with Crippen LogP contribution in [0.4, 0.5) is 14.5 Å². The van der Waals surface area contributed by atoms with Crippen LogP contribution in [0.5, 0.6) is 11.5 Å². The molecule has 2 N–H and O–H groups in total. The van der Waals surface area contributed by atoms with E-state index in [1.54, 1.807) is 7.05 Å². The van der Waals surface area contributed by atoms with Crippen LogP contribution in [0.15, 0.2) is 41.4 Å². The zero-order valence-electron chi connectivity index (χ0n) is 15.4. The van der Waals surface area contributed by atoms with Gasteiger partial charge in [0.1, 0.15) is 11.6 Å². The molecule has 0 spiro atoms. The molecular weight excluding hydrogens is 479 g/mol. The van der Waals surface area contributed by atoms with E-state index in [9.17, 15) is 8.78 Å². The lowest BCUT2D eigenvalue weighted by Crippen LogP contribution is -2.33. The van der Waals surface area contributed by atoms with Gasteiger partial charge in [0.25, 0.3) is 0 Å². The molecule has 2 aromatic carbocycles. The molecule has 0 saturated heterocycles. The number of benzene rings is 2. The third-order valence-corrected chi connectivity index (χ3v) is 4.72. The Balaban J connectivity index is 0.00000225. The molecule has 2 atom stereocenters. The van der Waals surface area contributed by atoms with Gasteiger partial charge in [-0.25, -0.2) is 8.78 Å². The first-order chi connectivity index (χ1) is 13.2. The van der Waals surface area contributed by atoms with E-state index in [0.717, 1.165) is 17.9 Å². The third-order valence-electron chi connectivity index (χ3n) is 4.72. The van der Waals surface area contributed by atoms with Gasteiger partial charge in [0, 0.05) is 42.7 Å². The Hall–Kier alpha value is -2.10. The molecule has 28 heavy (non-hydrogen) atoms. The zero-order valence-corrected chi connectivity index (χ0v) is 17.7. The Labute approximate surface area is 179 Å². The number of rotatable bonds is 3. The second-order valence-electron chi connectivity index (χ2n) is 6.64. The lowest BCUT2D eigenvalue weighted by Gasteiger charge is -2.14. The lowest BCUT2D eigenvalue weighted by atomic mass is 10.1. The summed E-state index contributed by atoms with van der Waals surface area (Å²) < 4.78 is 39.2. The molecule has 5 nitrogen and oxygen atoms in total. The molecule has 150 valence electrons. The SMILES string of the molecule is CN=C(Nc1ccc2c(c1)OCCCO2)NC1CC1c1c(F)cccc1F.I. The first kappa shape index (κ1) is 20.6. The van der Waals surface area contributed by atoms with Crippen molar-refractivity contribution in [3.05, 3.63) is 53.6 Å². The van der Waals surface area contributed by atoms with Crippen molar-refractivity contribution in [2.75, 3.05) is 25.6 Å². The van der Waals surface area contributed by atoms with E-state index < -0.39 is 11.6 Å². The molecule has 4 rings (SSSR count). The first-order valence-corrected chi connectivity index (χ1v) is 8.99. The number of fused-ring (bicyclic) bond motifs is 1. The fraction of sp³-hybridized carbons (Fsp3) is 0.350. The van der Waals surface area contributed by atoms with Crippen LogP contribution in [0.25, 0.3) is 0 Å². The van der Waals surface area contributed by atoms with Gasteiger partial charge >= 0.3 is 0 Å². The van der Waals surface area contributed by atoms with Crippen LogP contribution in [0.1, 0.15) is 24.3 Å². The maximum Gasteiger partial charge on any atom is 0.195 e. The van der Waals surface area contributed by atoms with Crippen LogP contribution in [0.2, 0.25) is 0 Å². The first-order valence-electron chi connectivity index (χ1n) is 8.99. The minimum absolute atomic E-state index is 0. The van der Waals surface area contributed by atoms with Gasteiger partial charge in [-0.05, 0) is 30.7 Å². The number of nitrogens with one attached hydrogen (secondary N) is 2. The van der Waals surface area contributed by atoms with E-state index in [4.69, 9.17) is 9.47 Å². The van der Waals surface area contributed by atoms with Gasteiger partial charge in [-0.2, -0.15) is 0 Å². The molecule has 0 amide bonds. The van der Waals surface area contributed by atoms with Gasteiger partial charge in [-0.1, -0.05) is 6.07 Å². The standard InChI is InChI=1S/C20H21F2N3O2.HI/c1-23-20(24-12-6-7-17-18(10-12)27-9-3-8-26-17)25-16-11-13(16)19-14(21)4-2-5-15(19)22;/h2,4-7,10,13,16H,3,8-9,11H2,1H3,(H2,23,24,25);1H. The Morgan fingerprint density at radius 3 is 2.50 bits per heavy atom. The molecule has 1 aliphatic heterocycles. The normalized spacial score (nSPS) is 20.6. The number of halogens is 3. The van der Waals surface area contributed by atoms with E-state index in [-0.39, 0.29) is 41.5 Å². The molecule has 2 aromatic rings. The molecular formula is C20H22F2IN3O2. The van der Waals surface area contributed by atoms with Crippen molar-refractivity contribution in [1.82, 2.24) is 5.32 Å². The maximum absolute atomic E-state index is 13.9. The van der Waals surface area contributed by atoms with Crippen LogP contribution >= 0.6 is 24.0 Å². The predicted molar refractivity (Wildman–Crippen MR) is 115 cm³/mol. The Bertz CT molecular complexity index is 858. The summed E-state index contributed by atoms with van der Waals surface area (Å²) in [5, 5.41) is 6.41. The van der Waals surface area contributed by atoms with Crippen molar-refractivity contribution in [3.8, 4) is 11.5 Å². The molecule has 1 fully saturated rings. The third kappa shape index (κ3) is 4.48. The number of anilines is 1. The molecule has 1 aliphatic carbocycles. The second kappa shape index (κ2) is 8.93. The zero-order chi connectivity index (χ0) is 18.8. The Morgan fingerprint density at radius 2 is 1.79 bits per heavy atom. The van der Waals surface area contributed by atoms with Crippen molar-refractivity contribution in [2.24, 2.45) is 4.99 Å². The smallest absolute Gasteiger partial charge is 0.195 e. The van der Waals surface area contributed by atoms with Crippen molar-refractivity contribution < 1.29 is 18.3 Å². The van der Waals surface area contributed by atoms with Gasteiger partial charge in [-0.15, -0.1) is 24.0 Å². The lowest BCUT2D eigenvalue weighted by molar-refractivity contribution is 0.297. The summed E-state index contributed by atoms with van der Waals surface area (Å²) in [7, 11) is 1.65. The van der Waals surface area contributed by atoms with Crippen LogP contribution in [0, 0.1) is 11.6 Å². The van der Waals surface area contributed by atoms with Crippen molar-refractivity contribution in [1.29, 1.82) is 0 Å². The molecule has 2 aliphatic rings. The highest BCUT2D eigenvalue weighted by molar-refractivity contribution is 14.0. The minimum Gasteiger partial charge on any atom is -0.490 e. The van der Waals surface area contributed by atoms with Crippen LogP contribution < -0.4 is 20.1 Å². The average Bonchev–Trinajstić information content (AvgIpc) is 3.44. The largest absolute Gasteiger partial charge is 0.490 e. The monoisotopic (exact) mass is 501 g/mol. The van der Waals surface area contributed by atoms with E-state index in [1.165, 1.54) is 18.2 Å². The predicted octanol–water partition coefficient (Wildman–Crippen LogP) is 4.29. The molecule has 1 heterocycles. The van der Waals surface area contributed by atoms with Crippen LogP contribution in [0.3, 0.4) is 0 Å². The number of hydrogen-bond donors (Lipinski definition) is 2. The molecule has 8 heteroatoms. The van der Waals surface area contributed by atoms with Gasteiger partial charge in [0.15, 0.2) is 17.5 Å². The van der Waals surface area contributed by atoms with Gasteiger partial charge in [0.2, 0.25) is 0 Å². The number of nitrogens with zero attached hydrogens (tertiary/aromatic N) is 1. The molecule has 2 unspecified atom stereocenters. The Kier molecular flexibility index (Phi) is 6.58. The fourth-order valence-corrected chi connectivity index (χ4v) is 3.25. The molecule has 0 radical (unpaired) electrons. The molecule has 0 aromatic heterocycles. The van der Waals surface area contributed by atoms with E-state index in [0.29, 0.717) is 31.3 Å². The van der Waals surface area contributed by atoms with Crippen molar-refractivity contribution in [3.63, 3.8) is 0 Å². The number of aliphatic imine (C=N–C) groups is 1. The van der Waals surface area contributed by atoms with E-state index in [1.807, 2.05) is 18.2 Å². The van der Waals surface area contributed by atoms with Crippen molar-refractivity contribution >= 4 is 35.6 Å². The fourth-order valence-electron chi connectivity index (χ4n) is 3.25. The minimum atomic E-state index is -0.504. The van der Waals surface area contributed by atoms with Crippen LogP contribution in [-0.2, 0) is 0 Å². The van der Waals surface area contributed by atoms with Crippen molar-refractivity contribution in [2.45, 2.75) is 24.8 Å². The van der Waals surface area contributed by atoms with Gasteiger partial charge < -0.3 is 20.1 Å². The van der Waals surface area contributed by atoms with Gasteiger partial charge in [0.05, 0.1) is 13.2 Å². The summed E-state index contributed by atoms with van der Waals surface area (Å²) in [5.41, 5.74) is 0.933. The highest BCUT2D eigenvalue weighted by atomic mass is 127. The highest BCUT2D eigenvalue weighted by Crippen LogP contribution is 2.43. The highest BCUT2D eigenvalue weighted by Gasteiger charge is 2.42. The molecule has 0 bridgehead atoms. The number of ether oxygens (including phenoxy) is 2. The topological polar surface area (TPSA) is 54.9 Å². The average molecular weight is 501 g/mol. The summed E-state index contributed by atoms with van der Waals surface area (Å²) in [5.74, 6) is 0.733. The summed E-state index contributed by atoms with van der Waals surface area (Å²) >= 11 is 0. The maximum atomic E-state index is 13.9. The van der Waals surface area contributed by atoms with Gasteiger partial charge in [-0.3, -0.25) is 4.99 Å². The summed E-state index contributed by atoms with van der Waals surface area (Å²) in [6.07, 6.45) is 1.50. The summed E-state index contributed by atoms with van der Waals surface area (Å²) in [6, 6.07) is 9.48. The number of guanidine groups is 1. The van der Waals surface area contributed by atoms with E-state index in [2.05, 4.69) is 15.6 Å². The van der Waals surface area contributed by atoms with Crippen LogP contribution in [-0.4, -0.2) is 32.3 Å². The Morgan fingerprint density at radius 1 is 1.07 bits per heavy atom. The summed E-state index contributed by atoms with van der Waals surface area (Å²) in [6.45, 7) is 1.25.